The van der Waals surface area contributed by atoms with Gasteiger partial charge in [-0.1, -0.05) is 19.1 Å². The molecule has 0 aromatic carbocycles. The highest BCUT2D eigenvalue weighted by Crippen LogP contribution is 2.69. The molecule has 0 aromatic heterocycles. The average Bonchev–Trinajstić information content (AvgIpc) is 3.23. The van der Waals surface area contributed by atoms with Crippen LogP contribution in [0, 0.1) is 29.1 Å². The van der Waals surface area contributed by atoms with E-state index < -0.39 is 5.60 Å². The van der Waals surface area contributed by atoms with Crippen LogP contribution in [0.2, 0.25) is 0 Å². The first kappa shape index (κ1) is 16.6. The van der Waals surface area contributed by atoms with Crippen molar-refractivity contribution in [1.82, 2.24) is 0 Å². The predicted molar refractivity (Wildman–Crippen MR) is 102 cm³/mol. The van der Waals surface area contributed by atoms with Crippen LogP contribution in [0.5, 0.6) is 0 Å². The van der Waals surface area contributed by atoms with Crippen LogP contribution in [0.4, 0.5) is 0 Å². The van der Waals surface area contributed by atoms with Crippen molar-refractivity contribution in [1.29, 1.82) is 0 Å². The third-order valence-electron chi connectivity index (χ3n) is 9.73. The van der Waals surface area contributed by atoms with Crippen molar-refractivity contribution in [3.8, 4) is 0 Å². The summed E-state index contributed by atoms with van der Waals surface area (Å²) in [6.45, 7) is 10.1. The van der Waals surface area contributed by atoms with Crippen LogP contribution >= 0.6 is 0 Å². The van der Waals surface area contributed by atoms with Crippen LogP contribution in [0.1, 0.15) is 58.8 Å². The fourth-order valence-electron chi connectivity index (χ4n) is 9.07. The summed E-state index contributed by atoms with van der Waals surface area (Å²) in [5.41, 5.74) is 1.24. The Morgan fingerprint density at radius 2 is 2.12 bits per heavy atom. The Balaban J connectivity index is 1.72. The number of nitrogens with zero attached hydrogens (tertiary/aromatic N) is 1. The average molecular weight is 343 g/mol. The Morgan fingerprint density at radius 1 is 1.32 bits per heavy atom. The van der Waals surface area contributed by atoms with Gasteiger partial charge in [0.25, 0.3) is 0 Å². The largest absolute Gasteiger partial charge is 0.389 e. The summed E-state index contributed by atoms with van der Waals surface area (Å²) in [5.74, 6) is 2.83. The molecule has 0 amide bonds. The van der Waals surface area contributed by atoms with E-state index >= 15 is 0 Å². The molecule has 25 heavy (non-hydrogen) atoms. The maximum Gasteiger partial charge on any atom is 0.117 e. The second-order valence-electron chi connectivity index (χ2n) is 10.6. The number of rotatable bonds is 2. The van der Waals surface area contributed by atoms with Gasteiger partial charge in [-0.25, -0.2) is 0 Å². The second-order valence-corrected chi connectivity index (χ2v) is 10.6. The minimum Gasteiger partial charge on any atom is -0.389 e. The zero-order valence-corrected chi connectivity index (χ0v) is 16.4. The molecule has 2 aliphatic heterocycles. The third kappa shape index (κ3) is 1.74. The normalized spacial score (nSPS) is 59.1. The summed E-state index contributed by atoms with van der Waals surface area (Å²) in [5, 5.41) is 12.1. The molecule has 2 heterocycles. The van der Waals surface area contributed by atoms with Crippen molar-refractivity contribution in [2.24, 2.45) is 29.1 Å². The van der Waals surface area contributed by atoms with Crippen molar-refractivity contribution in [2.75, 3.05) is 13.6 Å². The molecule has 2 saturated carbocycles. The van der Waals surface area contributed by atoms with E-state index in [0.717, 1.165) is 24.2 Å². The highest BCUT2D eigenvalue weighted by atomic mass is 16.3. The number of piperidine rings is 1. The Hall–Kier alpha value is -0.600. The predicted octanol–water partition coefficient (Wildman–Crippen LogP) is 4.30. The zero-order chi connectivity index (χ0) is 17.6. The fourth-order valence-corrected chi connectivity index (χ4v) is 9.07. The Morgan fingerprint density at radius 3 is 2.88 bits per heavy atom. The Labute approximate surface area is 153 Å². The minimum atomic E-state index is -0.554. The number of hydrogen-bond donors (Lipinski definition) is 1. The van der Waals surface area contributed by atoms with Gasteiger partial charge in [0.2, 0.25) is 0 Å². The molecule has 1 N–H and O–H groups in total. The van der Waals surface area contributed by atoms with Gasteiger partial charge in [-0.05, 0) is 63.4 Å². The lowest BCUT2D eigenvalue weighted by Gasteiger charge is -2.65. The van der Waals surface area contributed by atoms with Crippen LogP contribution in [-0.4, -0.2) is 40.9 Å². The van der Waals surface area contributed by atoms with E-state index in [9.17, 15) is 5.11 Å². The summed E-state index contributed by atoms with van der Waals surface area (Å²) in [7, 11) is 2.57. The summed E-state index contributed by atoms with van der Waals surface area (Å²) in [6, 6.07) is 1.20. The van der Waals surface area contributed by atoms with Gasteiger partial charge in [0, 0.05) is 17.8 Å². The van der Waals surface area contributed by atoms with Gasteiger partial charge >= 0.3 is 0 Å². The standard InChI is InChI=1S/C23H36NO/c1-5-12-23-13-11-17-15(2)14-24(4,21(17)23)20-18-8-6-7-16(18)9-10-19(20)22(23,3)25/h5,8,15-17,19-21,25H,1,6-7,9-14H2,2-4H3/q+1/t15-,16-,17-,19-,20+,21+,22-,23-,24-/m1/s1. The molecule has 0 radical (unpaired) electrons. The summed E-state index contributed by atoms with van der Waals surface area (Å²) in [6.07, 6.45) is 13.4. The molecule has 0 bridgehead atoms. The molecule has 4 fully saturated rings. The SMILES string of the molecule is C=CC[C@]12CC[C@@H]3[C@H](C)C[N@+](C)([C@H]4C5=CCC[C@@H]5CC[C@H]4[C@@]1(C)O)[C@@H]32. The van der Waals surface area contributed by atoms with E-state index in [1.165, 1.54) is 49.6 Å². The number of allylic oxidation sites excluding steroid dienone is 2. The smallest absolute Gasteiger partial charge is 0.117 e. The fraction of sp³-hybridized carbons (Fsp3) is 0.826. The number of quaternary nitrogens is 1. The topological polar surface area (TPSA) is 20.2 Å². The van der Waals surface area contributed by atoms with E-state index in [1.807, 2.05) is 0 Å². The summed E-state index contributed by atoms with van der Waals surface area (Å²) in [4.78, 5) is 0. The molecule has 3 aliphatic carbocycles. The van der Waals surface area contributed by atoms with Gasteiger partial charge in [-0.15, -0.1) is 6.58 Å². The molecular formula is C23H36NO+. The van der Waals surface area contributed by atoms with Gasteiger partial charge in [0.1, 0.15) is 12.1 Å². The van der Waals surface area contributed by atoms with Gasteiger partial charge < -0.3 is 9.59 Å². The van der Waals surface area contributed by atoms with Crippen LogP contribution in [0.25, 0.3) is 0 Å². The first-order valence-corrected chi connectivity index (χ1v) is 10.7. The number of hydrogen-bond acceptors (Lipinski definition) is 1. The van der Waals surface area contributed by atoms with Gasteiger partial charge in [-0.2, -0.15) is 0 Å². The maximum absolute atomic E-state index is 12.1. The van der Waals surface area contributed by atoms with Crippen molar-refractivity contribution in [3.05, 3.63) is 24.3 Å². The van der Waals surface area contributed by atoms with E-state index in [0.29, 0.717) is 18.0 Å². The summed E-state index contributed by atoms with van der Waals surface area (Å²) >= 11 is 0. The molecule has 5 aliphatic rings. The van der Waals surface area contributed by atoms with E-state index in [2.05, 4.69) is 39.6 Å². The van der Waals surface area contributed by atoms with Crippen molar-refractivity contribution < 1.29 is 9.59 Å². The van der Waals surface area contributed by atoms with E-state index in [1.54, 1.807) is 5.57 Å². The lowest BCUT2D eigenvalue weighted by Crippen LogP contribution is -2.77. The molecule has 0 unspecified atom stereocenters. The number of aliphatic hydroxyl groups is 1. The molecule has 5 rings (SSSR count). The molecule has 2 heteroatoms. The maximum atomic E-state index is 12.1. The molecule has 0 aromatic rings. The van der Waals surface area contributed by atoms with Crippen molar-refractivity contribution in [3.63, 3.8) is 0 Å². The third-order valence-corrected chi connectivity index (χ3v) is 9.73. The van der Waals surface area contributed by atoms with Crippen LogP contribution in [0.3, 0.4) is 0 Å². The first-order valence-electron chi connectivity index (χ1n) is 10.7. The zero-order valence-electron chi connectivity index (χ0n) is 16.4. The van der Waals surface area contributed by atoms with Crippen LogP contribution < -0.4 is 0 Å². The first-order chi connectivity index (χ1) is 11.9. The van der Waals surface area contributed by atoms with Crippen LogP contribution in [-0.2, 0) is 0 Å². The van der Waals surface area contributed by atoms with Gasteiger partial charge in [0.15, 0.2) is 0 Å². The van der Waals surface area contributed by atoms with Crippen molar-refractivity contribution in [2.45, 2.75) is 76.5 Å². The lowest BCUT2D eigenvalue weighted by molar-refractivity contribution is -0.962. The summed E-state index contributed by atoms with van der Waals surface area (Å²) < 4.78 is 1.23. The lowest BCUT2D eigenvalue weighted by atomic mass is 9.52. The van der Waals surface area contributed by atoms with Crippen molar-refractivity contribution >= 4 is 0 Å². The molecule has 2 saturated heterocycles. The minimum absolute atomic E-state index is 0.0477. The Kier molecular flexibility index (Phi) is 3.32. The molecule has 9 atom stereocenters. The molecular weight excluding hydrogens is 306 g/mol. The van der Waals surface area contributed by atoms with E-state index in [4.69, 9.17) is 0 Å². The van der Waals surface area contributed by atoms with E-state index in [-0.39, 0.29) is 5.41 Å². The number of fused-ring (bicyclic) bond motifs is 4. The molecule has 0 spiro atoms. The monoisotopic (exact) mass is 342 g/mol. The molecule has 138 valence electrons. The molecule has 2 nitrogen and oxygen atoms in total. The highest BCUT2D eigenvalue weighted by molar-refractivity contribution is 5.29. The quantitative estimate of drug-likeness (QED) is 0.586. The van der Waals surface area contributed by atoms with Crippen LogP contribution in [0.15, 0.2) is 24.3 Å². The van der Waals surface area contributed by atoms with Gasteiger partial charge in [-0.3, -0.25) is 0 Å². The van der Waals surface area contributed by atoms with Gasteiger partial charge in [0.05, 0.1) is 24.6 Å². The number of likely N-dealkylation sites (N-methyl/N-ethyl adjacent to an activating group) is 1. The second kappa shape index (κ2) is 5.01. The Bertz CT molecular complexity index is 636. The highest BCUT2D eigenvalue weighted by Gasteiger charge is 2.77.